The molecular weight excluding hydrogens is 427 g/mol. The maximum atomic E-state index is 12.5. The van der Waals surface area contributed by atoms with Crippen LogP contribution in [-0.4, -0.2) is 30.7 Å². The van der Waals surface area contributed by atoms with Gasteiger partial charge in [-0.3, -0.25) is 14.8 Å². The summed E-state index contributed by atoms with van der Waals surface area (Å²) in [6, 6.07) is 12.9. The fourth-order valence-corrected chi connectivity index (χ4v) is 3.90. The minimum atomic E-state index is -0.697. The van der Waals surface area contributed by atoms with Crippen molar-refractivity contribution in [1.82, 2.24) is 10.8 Å². The van der Waals surface area contributed by atoms with Crippen LogP contribution in [-0.2, 0) is 26.3 Å². The van der Waals surface area contributed by atoms with Gasteiger partial charge in [0, 0.05) is 12.6 Å². The molecule has 1 aliphatic carbocycles. The van der Waals surface area contributed by atoms with Gasteiger partial charge >= 0.3 is 5.97 Å². The predicted octanol–water partition coefficient (Wildman–Crippen LogP) is 3.73. The van der Waals surface area contributed by atoms with Crippen LogP contribution < -0.4 is 10.8 Å². The number of nitrogens with one attached hydrogen (secondary N) is 2. The van der Waals surface area contributed by atoms with Gasteiger partial charge in [0.15, 0.2) is 0 Å². The van der Waals surface area contributed by atoms with Crippen molar-refractivity contribution < 1.29 is 19.5 Å². The van der Waals surface area contributed by atoms with Crippen LogP contribution in [0.4, 0.5) is 0 Å². The van der Waals surface area contributed by atoms with Gasteiger partial charge in [0.2, 0.25) is 0 Å². The van der Waals surface area contributed by atoms with Crippen LogP contribution in [0.2, 0.25) is 10.0 Å². The predicted molar refractivity (Wildman–Crippen MR) is 115 cm³/mol. The number of amides is 1. The van der Waals surface area contributed by atoms with Gasteiger partial charge in [-0.2, -0.15) is 0 Å². The number of methoxy groups -OCH3 is 1. The van der Waals surface area contributed by atoms with Gasteiger partial charge in [-0.1, -0.05) is 53.5 Å². The number of esters is 1. The van der Waals surface area contributed by atoms with E-state index in [0.717, 1.165) is 16.7 Å². The van der Waals surface area contributed by atoms with Crippen molar-refractivity contribution in [2.24, 2.45) is 5.92 Å². The minimum Gasteiger partial charge on any atom is -0.468 e. The highest BCUT2D eigenvalue weighted by atomic mass is 35.5. The molecule has 0 bridgehead atoms. The van der Waals surface area contributed by atoms with Crippen molar-refractivity contribution in [3.05, 3.63) is 75.3 Å². The highest BCUT2D eigenvalue weighted by molar-refractivity contribution is 6.42. The summed E-state index contributed by atoms with van der Waals surface area (Å²) < 4.78 is 5.06. The fourth-order valence-electron chi connectivity index (χ4n) is 3.60. The normalized spacial score (nSPS) is 20.2. The smallest absolute Gasteiger partial charge is 0.316 e. The number of rotatable bonds is 8. The Labute approximate surface area is 184 Å². The van der Waals surface area contributed by atoms with Crippen molar-refractivity contribution in [3.8, 4) is 0 Å². The number of ether oxygens (including phenoxy) is 1. The Hall–Kier alpha value is -2.38. The molecule has 6 nitrogen and oxygen atoms in total. The highest BCUT2D eigenvalue weighted by Crippen LogP contribution is 2.55. The van der Waals surface area contributed by atoms with Crippen LogP contribution >= 0.6 is 23.2 Å². The summed E-state index contributed by atoms with van der Waals surface area (Å²) >= 11 is 12.2. The molecule has 0 radical (unpaired) electrons. The third-order valence-corrected chi connectivity index (χ3v) is 6.07. The molecule has 0 saturated heterocycles. The van der Waals surface area contributed by atoms with Crippen LogP contribution in [0.15, 0.2) is 48.5 Å². The summed E-state index contributed by atoms with van der Waals surface area (Å²) in [5, 5.41) is 12.7. The van der Waals surface area contributed by atoms with E-state index in [4.69, 9.17) is 33.1 Å². The Morgan fingerprint density at radius 2 is 1.93 bits per heavy atom. The summed E-state index contributed by atoms with van der Waals surface area (Å²) in [4.78, 5) is 23.5. The molecule has 0 unspecified atom stereocenters. The molecule has 2 atom stereocenters. The second-order valence-corrected chi connectivity index (χ2v) is 7.99. The third kappa shape index (κ3) is 4.84. The molecule has 8 heteroatoms. The number of benzene rings is 2. The molecule has 1 aliphatic rings. The molecule has 0 spiro atoms. The molecule has 1 amide bonds. The highest BCUT2D eigenvalue weighted by Gasteiger charge is 2.61. The van der Waals surface area contributed by atoms with Gasteiger partial charge in [0.1, 0.15) is 0 Å². The Morgan fingerprint density at radius 1 is 1.20 bits per heavy atom. The molecule has 2 aromatic rings. The van der Waals surface area contributed by atoms with Gasteiger partial charge < -0.3 is 10.1 Å². The molecule has 3 N–H and O–H groups in total. The zero-order chi connectivity index (χ0) is 21.7. The molecule has 30 heavy (non-hydrogen) atoms. The first-order valence-corrected chi connectivity index (χ1v) is 10.1. The van der Waals surface area contributed by atoms with Crippen LogP contribution in [0.25, 0.3) is 6.08 Å². The molecule has 0 aliphatic heterocycles. The third-order valence-electron chi connectivity index (χ3n) is 5.33. The van der Waals surface area contributed by atoms with E-state index in [0.29, 0.717) is 29.6 Å². The minimum absolute atomic E-state index is 0.0985. The molecule has 1 saturated carbocycles. The first-order valence-electron chi connectivity index (χ1n) is 9.36. The van der Waals surface area contributed by atoms with E-state index in [1.807, 2.05) is 30.3 Å². The van der Waals surface area contributed by atoms with Crippen molar-refractivity contribution >= 4 is 41.2 Å². The van der Waals surface area contributed by atoms with Gasteiger partial charge in [-0.25, -0.2) is 5.48 Å². The van der Waals surface area contributed by atoms with Crippen LogP contribution in [0.5, 0.6) is 0 Å². The van der Waals surface area contributed by atoms with Gasteiger partial charge in [-0.15, -0.1) is 0 Å². The van der Waals surface area contributed by atoms with Crippen molar-refractivity contribution in [3.63, 3.8) is 0 Å². The van der Waals surface area contributed by atoms with Crippen molar-refractivity contribution in [2.75, 3.05) is 13.7 Å². The summed E-state index contributed by atoms with van der Waals surface area (Å²) in [5.74, 6) is -0.752. The molecular formula is C22H22Cl2N2O4. The fraction of sp³-hybridized carbons (Fsp3) is 0.273. The van der Waals surface area contributed by atoms with E-state index in [-0.39, 0.29) is 11.9 Å². The first kappa shape index (κ1) is 22.3. The number of hydrogen-bond acceptors (Lipinski definition) is 5. The Morgan fingerprint density at radius 3 is 2.57 bits per heavy atom. The Kier molecular flexibility index (Phi) is 7.15. The lowest BCUT2D eigenvalue weighted by molar-refractivity contribution is -0.144. The molecule has 2 aromatic carbocycles. The maximum Gasteiger partial charge on any atom is 0.316 e. The van der Waals surface area contributed by atoms with Crippen LogP contribution in [0.3, 0.4) is 0 Å². The second kappa shape index (κ2) is 9.62. The van der Waals surface area contributed by atoms with Crippen molar-refractivity contribution in [2.45, 2.75) is 18.4 Å². The van der Waals surface area contributed by atoms with E-state index in [2.05, 4.69) is 5.32 Å². The van der Waals surface area contributed by atoms with E-state index in [1.54, 1.807) is 23.7 Å². The second-order valence-electron chi connectivity index (χ2n) is 7.17. The summed E-state index contributed by atoms with van der Waals surface area (Å²) in [6.07, 6.45) is 3.53. The number of carbonyl (C=O) groups excluding carboxylic acids is 2. The Balaban J connectivity index is 1.59. The van der Waals surface area contributed by atoms with E-state index < -0.39 is 11.3 Å². The van der Waals surface area contributed by atoms with E-state index >= 15 is 0 Å². The zero-order valence-corrected chi connectivity index (χ0v) is 17.8. The zero-order valence-electron chi connectivity index (χ0n) is 16.3. The lowest BCUT2D eigenvalue weighted by Crippen LogP contribution is -2.28. The first-order chi connectivity index (χ1) is 14.4. The number of carbonyl (C=O) groups is 2. The van der Waals surface area contributed by atoms with Gasteiger partial charge in [0.05, 0.1) is 22.6 Å². The molecule has 1 fully saturated rings. The number of hydrogen-bond donors (Lipinski definition) is 3. The molecule has 158 valence electrons. The van der Waals surface area contributed by atoms with Gasteiger partial charge in [-0.05, 0) is 53.8 Å². The SMILES string of the molecule is COC(=O)[C@]1(c2ccc(Cl)c(Cl)c2)C[C@H]1CNCc1ccc(/C=C/C(=O)NO)cc1. The van der Waals surface area contributed by atoms with Crippen molar-refractivity contribution in [1.29, 1.82) is 0 Å². The summed E-state index contributed by atoms with van der Waals surface area (Å²) in [5.41, 5.74) is 3.58. The Bertz CT molecular complexity index is 962. The van der Waals surface area contributed by atoms with E-state index in [1.165, 1.54) is 13.2 Å². The van der Waals surface area contributed by atoms with Gasteiger partial charge in [0.25, 0.3) is 5.91 Å². The summed E-state index contributed by atoms with van der Waals surface area (Å²) in [7, 11) is 1.39. The number of hydroxylamine groups is 1. The lowest BCUT2D eigenvalue weighted by atomic mass is 9.93. The quantitative estimate of drug-likeness (QED) is 0.248. The molecule has 0 heterocycles. The maximum absolute atomic E-state index is 12.5. The van der Waals surface area contributed by atoms with E-state index in [9.17, 15) is 9.59 Å². The lowest BCUT2D eigenvalue weighted by Gasteiger charge is -2.17. The molecule has 0 aromatic heterocycles. The topological polar surface area (TPSA) is 87.7 Å². The standard InChI is InChI=1S/C22H22Cl2N2O4/c1-30-21(28)22(16-7-8-18(23)19(24)10-16)11-17(22)13-25-12-15-4-2-14(3-5-15)6-9-20(27)26-29/h2-10,17,25,29H,11-13H2,1H3,(H,26,27)/b9-6+/t17-,22-/m0/s1. The largest absolute Gasteiger partial charge is 0.468 e. The van der Waals surface area contributed by atoms with Crippen LogP contribution in [0.1, 0.15) is 23.1 Å². The van der Waals surface area contributed by atoms with Crippen LogP contribution in [0, 0.1) is 5.92 Å². The summed E-state index contributed by atoms with van der Waals surface area (Å²) in [6.45, 7) is 1.28. The average Bonchev–Trinajstić information content (AvgIpc) is 3.49. The number of halogens is 2. The molecule has 3 rings (SSSR count). The average molecular weight is 449 g/mol. The monoisotopic (exact) mass is 448 g/mol.